The predicted molar refractivity (Wildman–Crippen MR) is 75.8 cm³/mol. The highest BCUT2D eigenvalue weighted by Crippen LogP contribution is 2.25. The van der Waals surface area contributed by atoms with Crippen molar-refractivity contribution in [2.24, 2.45) is 0 Å². The van der Waals surface area contributed by atoms with Crippen LogP contribution in [0.5, 0.6) is 5.75 Å². The number of aryl methyl sites for hydroxylation is 2. The summed E-state index contributed by atoms with van der Waals surface area (Å²) in [5, 5.41) is 0. The summed E-state index contributed by atoms with van der Waals surface area (Å²) in [6.07, 6.45) is 2.93. The Labute approximate surface area is 120 Å². The standard InChI is InChI=1S/C14H18O5S/c1-4-5-13(15)18-6-7-19-14-10(2)8-12(20(16)17)9-11(14)3/h4-5,8-9,20H,6-7H2,1-3H3. The van der Waals surface area contributed by atoms with Crippen LogP contribution in [0.2, 0.25) is 0 Å². The molecule has 0 amide bonds. The largest absolute Gasteiger partial charge is 0.489 e. The highest BCUT2D eigenvalue weighted by Gasteiger charge is 2.08. The molecule has 0 spiro atoms. The third kappa shape index (κ3) is 4.70. The van der Waals surface area contributed by atoms with Crippen LogP contribution < -0.4 is 4.74 Å². The molecule has 110 valence electrons. The number of carbonyl (C=O) groups is 1. The van der Waals surface area contributed by atoms with Crippen LogP contribution in [0.25, 0.3) is 0 Å². The second-order valence-electron chi connectivity index (χ2n) is 4.18. The number of rotatable bonds is 6. The van der Waals surface area contributed by atoms with Gasteiger partial charge in [-0.15, -0.1) is 0 Å². The lowest BCUT2D eigenvalue weighted by Crippen LogP contribution is -2.11. The van der Waals surface area contributed by atoms with Gasteiger partial charge >= 0.3 is 5.97 Å². The average Bonchev–Trinajstić information content (AvgIpc) is 2.36. The number of allylic oxidation sites excluding steroid dienone is 1. The van der Waals surface area contributed by atoms with Gasteiger partial charge in [-0.3, -0.25) is 0 Å². The molecule has 0 N–H and O–H groups in total. The van der Waals surface area contributed by atoms with Gasteiger partial charge in [0.25, 0.3) is 0 Å². The van der Waals surface area contributed by atoms with Gasteiger partial charge < -0.3 is 9.47 Å². The van der Waals surface area contributed by atoms with Crippen LogP contribution >= 0.6 is 0 Å². The fourth-order valence-electron chi connectivity index (χ4n) is 1.73. The van der Waals surface area contributed by atoms with Crippen LogP contribution in [0.1, 0.15) is 18.1 Å². The Morgan fingerprint density at radius 3 is 2.30 bits per heavy atom. The van der Waals surface area contributed by atoms with Crippen molar-refractivity contribution >= 4 is 16.7 Å². The summed E-state index contributed by atoms with van der Waals surface area (Å²) < 4.78 is 32.3. The van der Waals surface area contributed by atoms with E-state index in [0.717, 1.165) is 11.1 Å². The molecule has 20 heavy (non-hydrogen) atoms. The minimum Gasteiger partial charge on any atom is -0.489 e. The highest BCUT2D eigenvalue weighted by molar-refractivity contribution is 7.72. The zero-order valence-electron chi connectivity index (χ0n) is 11.7. The van der Waals surface area contributed by atoms with E-state index < -0.39 is 16.7 Å². The first-order valence-corrected chi connectivity index (χ1v) is 7.31. The first kappa shape index (κ1) is 16.2. The highest BCUT2D eigenvalue weighted by atomic mass is 32.2. The summed E-state index contributed by atoms with van der Waals surface area (Å²) >= 11 is 0. The van der Waals surface area contributed by atoms with Crippen LogP contribution in [0.3, 0.4) is 0 Å². The molecule has 0 saturated heterocycles. The molecule has 0 aliphatic carbocycles. The van der Waals surface area contributed by atoms with Crippen LogP contribution in [0.4, 0.5) is 0 Å². The van der Waals surface area contributed by atoms with E-state index in [1.165, 1.54) is 6.08 Å². The Morgan fingerprint density at radius 2 is 1.80 bits per heavy atom. The summed E-state index contributed by atoms with van der Waals surface area (Å²) in [4.78, 5) is 11.3. The molecule has 0 atom stereocenters. The molecule has 1 aromatic carbocycles. The van der Waals surface area contributed by atoms with Gasteiger partial charge in [0.2, 0.25) is 0 Å². The Balaban J connectivity index is 2.63. The second-order valence-corrected chi connectivity index (χ2v) is 5.21. The number of esters is 1. The van der Waals surface area contributed by atoms with E-state index in [4.69, 9.17) is 9.47 Å². The van der Waals surface area contributed by atoms with Gasteiger partial charge in [0.15, 0.2) is 10.7 Å². The van der Waals surface area contributed by atoms with Crippen LogP contribution in [-0.4, -0.2) is 27.6 Å². The fraction of sp³-hybridized carbons (Fsp3) is 0.357. The maximum Gasteiger partial charge on any atom is 0.330 e. The van der Waals surface area contributed by atoms with Crippen molar-refractivity contribution in [2.45, 2.75) is 25.7 Å². The number of hydrogen-bond acceptors (Lipinski definition) is 5. The minimum absolute atomic E-state index is 0.139. The molecule has 0 aliphatic heterocycles. The van der Waals surface area contributed by atoms with Gasteiger partial charge in [-0.1, -0.05) is 6.08 Å². The smallest absolute Gasteiger partial charge is 0.330 e. The van der Waals surface area contributed by atoms with Crippen LogP contribution in [0, 0.1) is 13.8 Å². The summed E-state index contributed by atoms with van der Waals surface area (Å²) in [5.41, 5.74) is 1.47. The molecular formula is C14H18O5S. The normalized spacial score (nSPS) is 11.0. The molecule has 0 heterocycles. The van der Waals surface area contributed by atoms with Gasteiger partial charge in [0.1, 0.15) is 19.0 Å². The zero-order valence-corrected chi connectivity index (χ0v) is 12.6. The van der Waals surface area contributed by atoms with Crippen LogP contribution in [-0.2, 0) is 20.2 Å². The molecule has 0 aliphatic rings. The average molecular weight is 298 g/mol. The third-order valence-electron chi connectivity index (χ3n) is 2.53. The number of ether oxygens (including phenoxy) is 2. The molecule has 1 rings (SSSR count). The summed E-state index contributed by atoms with van der Waals surface area (Å²) in [6.45, 7) is 5.63. The van der Waals surface area contributed by atoms with Crippen molar-refractivity contribution in [3.05, 3.63) is 35.4 Å². The summed E-state index contributed by atoms with van der Waals surface area (Å²) in [7, 11) is -2.60. The van der Waals surface area contributed by atoms with Gasteiger partial charge in [0, 0.05) is 6.08 Å². The van der Waals surface area contributed by atoms with Crippen molar-refractivity contribution < 1.29 is 22.7 Å². The molecule has 0 unspecified atom stereocenters. The first-order chi connectivity index (χ1) is 9.45. The van der Waals surface area contributed by atoms with Crippen molar-refractivity contribution in [3.63, 3.8) is 0 Å². The van der Waals surface area contributed by atoms with E-state index in [-0.39, 0.29) is 18.1 Å². The van der Waals surface area contributed by atoms with Gasteiger partial charge in [-0.2, -0.15) is 0 Å². The van der Waals surface area contributed by atoms with E-state index in [2.05, 4.69) is 0 Å². The topological polar surface area (TPSA) is 69.7 Å². The SMILES string of the molecule is CC=CC(=O)OCCOc1c(C)cc([SH](=O)=O)cc1C. The lowest BCUT2D eigenvalue weighted by atomic mass is 10.1. The number of benzene rings is 1. The molecule has 0 fully saturated rings. The maximum absolute atomic E-state index is 11.1. The van der Waals surface area contributed by atoms with E-state index >= 15 is 0 Å². The van der Waals surface area contributed by atoms with E-state index in [0.29, 0.717) is 5.75 Å². The molecular weight excluding hydrogens is 280 g/mol. The first-order valence-electron chi connectivity index (χ1n) is 6.13. The maximum atomic E-state index is 11.1. The lowest BCUT2D eigenvalue weighted by Gasteiger charge is -2.12. The molecule has 6 heteroatoms. The van der Waals surface area contributed by atoms with E-state index in [1.54, 1.807) is 39.0 Å². The third-order valence-corrected chi connectivity index (χ3v) is 3.21. The van der Waals surface area contributed by atoms with E-state index in [1.807, 2.05) is 0 Å². The molecule has 1 aromatic rings. The van der Waals surface area contributed by atoms with Gasteiger partial charge in [-0.05, 0) is 44.0 Å². The lowest BCUT2D eigenvalue weighted by molar-refractivity contribution is -0.138. The number of thiol groups is 1. The summed E-state index contributed by atoms with van der Waals surface area (Å²) in [5.74, 6) is 0.205. The fourth-order valence-corrected chi connectivity index (χ4v) is 2.33. The predicted octanol–water partition coefficient (Wildman–Crippen LogP) is 1.77. The molecule has 0 radical (unpaired) electrons. The monoisotopic (exact) mass is 298 g/mol. The zero-order chi connectivity index (χ0) is 15.1. The van der Waals surface area contributed by atoms with E-state index in [9.17, 15) is 13.2 Å². The number of carbonyl (C=O) groups excluding carboxylic acids is 1. The Morgan fingerprint density at radius 1 is 1.20 bits per heavy atom. The molecule has 0 saturated carbocycles. The van der Waals surface area contributed by atoms with Crippen LogP contribution in [0.15, 0.2) is 29.2 Å². The Bertz CT molecular complexity index is 556. The Hall–Kier alpha value is -1.82. The summed E-state index contributed by atoms with van der Waals surface area (Å²) in [6, 6.07) is 3.11. The Kier molecular flexibility index (Phi) is 6.24. The van der Waals surface area contributed by atoms with Crippen molar-refractivity contribution in [1.29, 1.82) is 0 Å². The minimum atomic E-state index is -2.60. The molecule has 5 nitrogen and oxygen atoms in total. The molecule has 0 bridgehead atoms. The molecule has 0 aromatic heterocycles. The van der Waals surface area contributed by atoms with Crippen molar-refractivity contribution in [2.75, 3.05) is 13.2 Å². The van der Waals surface area contributed by atoms with Gasteiger partial charge in [-0.25, -0.2) is 13.2 Å². The van der Waals surface area contributed by atoms with Crippen molar-refractivity contribution in [1.82, 2.24) is 0 Å². The quantitative estimate of drug-likeness (QED) is 0.375. The second kappa shape index (κ2) is 7.69. The number of hydrogen-bond donors (Lipinski definition) is 1. The van der Waals surface area contributed by atoms with Crippen molar-refractivity contribution in [3.8, 4) is 5.75 Å². The van der Waals surface area contributed by atoms with Gasteiger partial charge in [0.05, 0.1) is 4.90 Å².